The average molecular weight is 347 g/mol. The van der Waals surface area contributed by atoms with Crippen LogP contribution >= 0.6 is 23.8 Å². The molecule has 0 radical (unpaired) electrons. The van der Waals surface area contributed by atoms with E-state index in [9.17, 15) is 8.42 Å². The van der Waals surface area contributed by atoms with Crippen LogP contribution in [0.15, 0.2) is 23.1 Å². The number of nitrogens with two attached hydrogens (primary N) is 1. The van der Waals surface area contributed by atoms with Crippen LogP contribution in [0, 0.1) is 5.92 Å². The van der Waals surface area contributed by atoms with Crippen molar-refractivity contribution in [2.75, 3.05) is 6.54 Å². The minimum atomic E-state index is -3.53. The Hall–Kier alpha value is -0.690. The van der Waals surface area contributed by atoms with Gasteiger partial charge in [0.1, 0.15) is 4.99 Å². The summed E-state index contributed by atoms with van der Waals surface area (Å²) in [4.78, 5) is 0.352. The molecule has 1 saturated carbocycles. The molecule has 21 heavy (non-hydrogen) atoms. The lowest BCUT2D eigenvalue weighted by Gasteiger charge is -2.24. The molecule has 0 bridgehead atoms. The van der Waals surface area contributed by atoms with Crippen LogP contribution in [0.4, 0.5) is 0 Å². The Kier molecular flexibility index (Phi) is 4.92. The predicted octanol–water partition coefficient (Wildman–Crippen LogP) is 2.78. The van der Waals surface area contributed by atoms with E-state index >= 15 is 0 Å². The molecular formula is C14H19ClN2O2S2. The van der Waals surface area contributed by atoms with Gasteiger partial charge < -0.3 is 5.73 Å². The molecule has 0 spiro atoms. The van der Waals surface area contributed by atoms with Gasteiger partial charge in [-0.3, -0.25) is 0 Å². The van der Waals surface area contributed by atoms with Crippen LogP contribution in [0.1, 0.15) is 32.3 Å². The van der Waals surface area contributed by atoms with Gasteiger partial charge in [-0.15, -0.1) is 0 Å². The van der Waals surface area contributed by atoms with E-state index in [4.69, 9.17) is 29.6 Å². The van der Waals surface area contributed by atoms with Gasteiger partial charge in [-0.25, -0.2) is 8.42 Å². The molecule has 2 rings (SSSR count). The van der Waals surface area contributed by atoms with Crippen molar-refractivity contribution in [3.8, 4) is 0 Å². The second kappa shape index (κ2) is 6.20. The lowest BCUT2D eigenvalue weighted by molar-refractivity contribution is 0.360. The van der Waals surface area contributed by atoms with Gasteiger partial charge in [0.25, 0.3) is 0 Å². The van der Waals surface area contributed by atoms with Crippen molar-refractivity contribution in [1.82, 2.24) is 4.31 Å². The van der Waals surface area contributed by atoms with E-state index in [1.165, 1.54) is 12.1 Å². The van der Waals surface area contributed by atoms with Crippen molar-refractivity contribution < 1.29 is 8.42 Å². The molecule has 7 heteroatoms. The lowest BCUT2D eigenvalue weighted by atomic mass is 10.2. The summed E-state index contributed by atoms with van der Waals surface area (Å²) in [5.74, 6) is 0.270. The van der Waals surface area contributed by atoms with Gasteiger partial charge in [0, 0.05) is 18.2 Å². The quantitative estimate of drug-likeness (QED) is 0.804. The average Bonchev–Trinajstić information content (AvgIpc) is 3.19. The number of hydrogen-bond acceptors (Lipinski definition) is 3. The van der Waals surface area contributed by atoms with Gasteiger partial charge in [-0.05, 0) is 37.0 Å². The number of benzene rings is 1. The van der Waals surface area contributed by atoms with Gasteiger partial charge in [-0.2, -0.15) is 4.31 Å². The van der Waals surface area contributed by atoms with Crippen molar-refractivity contribution in [3.05, 3.63) is 28.8 Å². The third kappa shape index (κ3) is 3.74. The van der Waals surface area contributed by atoms with Crippen LogP contribution in [0.5, 0.6) is 0 Å². The Morgan fingerprint density at radius 1 is 1.48 bits per heavy atom. The molecule has 116 valence electrons. The zero-order valence-corrected chi connectivity index (χ0v) is 14.4. The number of thiocarbonyl (C=S) groups is 1. The van der Waals surface area contributed by atoms with Crippen LogP contribution in [0.3, 0.4) is 0 Å². The summed E-state index contributed by atoms with van der Waals surface area (Å²) in [5, 5.41) is 0.267. The molecule has 0 saturated heterocycles. The Morgan fingerprint density at radius 2 is 2.10 bits per heavy atom. The fraction of sp³-hybridized carbons (Fsp3) is 0.500. The largest absolute Gasteiger partial charge is 0.389 e. The number of sulfonamides is 1. The minimum absolute atomic E-state index is 0.117. The van der Waals surface area contributed by atoms with Crippen molar-refractivity contribution >= 4 is 38.8 Å². The topological polar surface area (TPSA) is 63.4 Å². The summed E-state index contributed by atoms with van der Waals surface area (Å²) in [6.45, 7) is 4.53. The molecule has 1 fully saturated rings. The van der Waals surface area contributed by atoms with E-state index < -0.39 is 10.0 Å². The highest BCUT2D eigenvalue weighted by atomic mass is 35.5. The number of rotatable bonds is 6. The highest BCUT2D eigenvalue weighted by Crippen LogP contribution is 2.33. The third-order valence-electron chi connectivity index (χ3n) is 3.31. The molecule has 0 aromatic heterocycles. The van der Waals surface area contributed by atoms with E-state index in [0.29, 0.717) is 12.1 Å². The first-order chi connectivity index (χ1) is 9.73. The first kappa shape index (κ1) is 16.7. The van der Waals surface area contributed by atoms with Crippen molar-refractivity contribution in [1.29, 1.82) is 0 Å². The molecule has 0 heterocycles. The number of halogens is 1. The fourth-order valence-electron chi connectivity index (χ4n) is 2.16. The van der Waals surface area contributed by atoms with E-state index in [-0.39, 0.29) is 26.9 Å². The van der Waals surface area contributed by atoms with Gasteiger partial charge in [-0.1, -0.05) is 37.7 Å². The Bertz CT molecular complexity index is 655. The molecule has 1 aromatic carbocycles. The van der Waals surface area contributed by atoms with E-state index in [0.717, 1.165) is 12.8 Å². The molecular weight excluding hydrogens is 328 g/mol. The standard InChI is InChI=1S/C14H19ClN2O2S2/c1-9(2)8-17(10-3-4-10)21(18,19)11-5-6-12(14(16)20)13(15)7-11/h5-7,9-10H,3-4,8H2,1-2H3,(H2,16,20). The van der Waals surface area contributed by atoms with Crippen LogP contribution in [0.25, 0.3) is 0 Å². The number of nitrogens with zero attached hydrogens (tertiary/aromatic N) is 1. The first-order valence-corrected chi connectivity index (χ1v) is 9.07. The Balaban J connectivity index is 2.38. The maximum absolute atomic E-state index is 12.8. The molecule has 1 aromatic rings. The first-order valence-electron chi connectivity index (χ1n) is 6.84. The summed E-state index contributed by atoms with van der Waals surface area (Å²) in [6, 6.07) is 4.64. The maximum atomic E-state index is 12.8. The Morgan fingerprint density at radius 3 is 2.52 bits per heavy atom. The highest BCUT2D eigenvalue weighted by molar-refractivity contribution is 7.89. The molecule has 1 aliphatic rings. The van der Waals surface area contributed by atoms with Gasteiger partial charge in [0.15, 0.2) is 0 Å². The second-order valence-corrected chi connectivity index (χ2v) is 8.44. The van der Waals surface area contributed by atoms with Gasteiger partial charge in [0.2, 0.25) is 10.0 Å². The summed E-state index contributed by atoms with van der Waals surface area (Å²) >= 11 is 11.0. The molecule has 1 aliphatic carbocycles. The van der Waals surface area contributed by atoms with E-state index in [1.54, 1.807) is 10.4 Å². The van der Waals surface area contributed by atoms with E-state index in [2.05, 4.69) is 0 Å². The highest BCUT2D eigenvalue weighted by Gasteiger charge is 2.38. The fourth-order valence-corrected chi connectivity index (χ4v) is 4.61. The van der Waals surface area contributed by atoms with Crippen molar-refractivity contribution in [2.45, 2.75) is 37.6 Å². The van der Waals surface area contributed by atoms with Crippen LogP contribution in [-0.4, -0.2) is 30.3 Å². The SMILES string of the molecule is CC(C)CN(C1CC1)S(=O)(=O)c1ccc(C(N)=S)c(Cl)c1. The molecule has 4 nitrogen and oxygen atoms in total. The second-order valence-electron chi connectivity index (χ2n) is 5.71. The molecule has 0 aliphatic heterocycles. The Labute approximate surface area is 136 Å². The van der Waals surface area contributed by atoms with Gasteiger partial charge in [0.05, 0.1) is 9.92 Å². The molecule has 0 atom stereocenters. The third-order valence-corrected chi connectivity index (χ3v) is 5.76. The monoisotopic (exact) mass is 346 g/mol. The smallest absolute Gasteiger partial charge is 0.243 e. The summed E-state index contributed by atoms with van der Waals surface area (Å²) < 4.78 is 27.2. The summed E-state index contributed by atoms with van der Waals surface area (Å²) in [6.07, 6.45) is 1.84. The van der Waals surface area contributed by atoms with Crippen molar-refractivity contribution in [2.24, 2.45) is 11.7 Å². The molecule has 0 unspecified atom stereocenters. The normalized spacial score (nSPS) is 15.7. The lowest BCUT2D eigenvalue weighted by Crippen LogP contribution is -2.36. The minimum Gasteiger partial charge on any atom is -0.389 e. The van der Waals surface area contributed by atoms with Gasteiger partial charge >= 0.3 is 0 Å². The maximum Gasteiger partial charge on any atom is 0.243 e. The summed E-state index contributed by atoms with van der Waals surface area (Å²) in [5.41, 5.74) is 6.04. The predicted molar refractivity (Wildman–Crippen MR) is 89.1 cm³/mol. The van der Waals surface area contributed by atoms with Crippen LogP contribution in [-0.2, 0) is 10.0 Å². The van der Waals surface area contributed by atoms with E-state index in [1.807, 2.05) is 13.8 Å². The molecule has 0 amide bonds. The zero-order chi connectivity index (χ0) is 15.8. The van der Waals surface area contributed by atoms with Crippen LogP contribution in [0.2, 0.25) is 5.02 Å². The summed E-state index contributed by atoms with van der Waals surface area (Å²) in [7, 11) is -3.53. The van der Waals surface area contributed by atoms with Crippen LogP contribution < -0.4 is 5.73 Å². The zero-order valence-electron chi connectivity index (χ0n) is 12.0. The number of hydrogen-bond donors (Lipinski definition) is 1. The van der Waals surface area contributed by atoms with Crippen molar-refractivity contribution in [3.63, 3.8) is 0 Å². The molecule has 2 N–H and O–H groups in total.